The van der Waals surface area contributed by atoms with Gasteiger partial charge in [-0.05, 0) is 48.0 Å². The molecule has 5 heteroatoms. The highest BCUT2D eigenvalue weighted by atomic mass is 79.9. The minimum absolute atomic E-state index is 0.725. The lowest BCUT2D eigenvalue weighted by Crippen LogP contribution is -1.99. The van der Waals surface area contributed by atoms with Crippen molar-refractivity contribution in [2.24, 2.45) is 0 Å². The highest BCUT2D eigenvalue weighted by molar-refractivity contribution is 9.10. The van der Waals surface area contributed by atoms with Crippen molar-refractivity contribution in [1.29, 1.82) is 0 Å². The van der Waals surface area contributed by atoms with E-state index in [1.54, 1.807) is 11.3 Å². The molecule has 0 aliphatic rings. The average molecular weight is 332 g/mol. The molecule has 1 aromatic carbocycles. The minimum atomic E-state index is 0.725. The normalized spacial score (nSPS) is 10.6. The third-order valence-electron chi connectivity index (χ3n) is 2.43. The van der Waals surface area contributed by atoms with E-state index >= 15 is 0 Å². The van der Waals surface area contributed by atoms with Crippen LogP contribution < -0.4 is 5.32 Å². The van der Waals surface area contributed by atoms with Gasteiger partial charge in [0.2, 0.25) is 0 Å². The van der Waals surface area contributed by atoms with Crippen LogP contribution in [0.5, 0.6) is 0 Å². The highest BCUT2D eigenvalue weighted by Crippen LogP contribution is 2.27. The first-order chi connectivity index (χ1) is 8.06. The van der Waals surface area contributed by atoms with Gasteiger partial charge in [-0.3, -0.25) is 0 Å². The second-order valence-corrected chi connectivity index (χ2v) is 6.31. The molecule has 17 heavy (non-hydrogen) atoms. The molecule has 0 saturated carbocycles. The molecule has 0 fully saturated rings. The molecule has 2 nitrogen and oxygen atoms in total. The SMILES string of the molecule is Cc1nc(CNc2ccc(Cl)cc2Br)sc1C. The van der Waals surface area contributed by atoms with Crippen LogP contribution in [0.25, 0.3) is 0 Å². The number of hydrogen-bond donors (Lipinski definition) is 1. The van der Waals surface area contributed by atoms with Gasteiger partial charge in [0.25, 0.3) is 0 Å². The third-order valence-corrected chi connectivity index (χ3v) is 4.40. The monoisotopic (exact) mass is 330 g/mol. The van der Waals surface area contributed by atoms with Crippen LogP contribution in [-0.4, -0.2) is 4.98 Å². The third kappa shape index (κ3) is 3.21. The Morgan fingerprint density at radius 2 is 2.18 bits per heavy atom. The van der Waals surface area contributed by atoms with E-state index in [-0.39, 0.29) is 0 Å². The number of thiazole rings is 1. The van der Waals surface area contributed by atoms with Gasteiger partial charge in [-0.2, -0.15) is 0 Å². The molecule has 0 aliphatic carbocycles. The number of rotatable bonds is 3. The number of aromatic nitrogens is 1. The first kappa shape index (κ1) is 12.9. The maximum atomic E-state index is 5.89. The Kier molecular flexibility index (Phi) is 4.07. The van der Waals surface area contributed by atoms with Gasteiger partial charge in [0, 0.05) is 20.1 Å². The summed E-state index contributed by atoms with van der Waals surface area (Å²) in [5, 5.41) is 5.16. The molecule has 1 aromatic heterocycles. The number of aryl methyl sites for hydroxylation is 2. The molecule has 0 spiro atoms. The fourth-order valence-electron chi connectivity index (χ4n) is 1.42. The van der Waals surface area contributed by atoms with Gasteiger partial charge >= 0.3 is 0 Å². The van der Waals surface area contributed by atoms with E-state index in [9.17, 15) is 0 Å². The summed E-state index contributed by atoms with van der Waals surface area (Å²) in [5.74, 6) is 0. The molecule has 90 valence electrons. The maximum Gasteiger partial charge on any atom is 0.112 e. The smallest absolute Gasteiger partial charge is 0.112 e. The van der Waals surface area contributed by atoms with E-state index in [1.807, 2.05) is 25.1 Å². The van der Waals surface area contributed by atoms with Gasteiger partial charge < -0.3 is 5.32 Å². The molecule has 0 saturated heterocycles. The molecule has 1 N–H and O–H groups in total. The maximum absolute atomic E-state index is 5.89. The number of anilines is 1. The van der Waals surface area contributed by atoms with Gasteiger partial charge in [-0.1, -0.05) is 11.6 Å². The predicted molar refractivity (Wildman–Crippen MR) is 78.1 cm³/mol. The second kappa shape index (κ2) is 5.38. The lowest BCUT2D eigenvalue weighted by molar-refractivity contribution is 1.07. The van der Waals surface area contributed by atoms with Crippen LogP contribution >= 0.6 is 38.9 Å². The molecule has 0 aliphatic heterocycles. The Balaban J connectivity index is 2.07. The van der Waals surface area contributed by atoms with Crippen molar-refractivity contribution in [2.75, 3.05) is 5.32 Å². The number of halogens is 2. The molecular formula is C12H12BrClN2S. The second-order valence-electron chi connectivity index (χ2n) is 3.73. The summed E-state index contributed by atoms with van der Waals surface area (Å²) in [6, 6.07) is 5.70. The zero-order chi connectivity index (χ0) is 12.4. The first-order valence-electron chi connectivity index (χ1n) is 5.18. The average Bonchev–Trinajstić information content (AvgIpc) is 2.57. The van der Waals surface area contributed by atoms with Gasteiger partial charge in [-0.15, -0.1) is 11.3 Å². The summed E-state index contributed by atoms with van der Waals surface area (Å²) in [6.07, 6.45) is 0. The van der Waals surface area contributed by atoms with E-state index in [0.717, 1.165) is 32.4 Å². The topological polar surface area (TPSA) is 24.9 Å². The molecule has 0 unspecified atom stereocenters. The summed E-state index contributed by atoms with van der Waals surface area (Å²) in [5.41, 5.74) is 2.14. The first-order valence-corrected chi connectivity index (χ1v) is 7.17. The van der Waals surface area contributed by atoms with Crippen LogP contribution in [0.3, 0.4) is 0 Å². The lowest BCUT2D eigenvalue weighted by Gasteiger charge is -2.06. The number of benzene rings is 1. The van der Waals surface area contributed by atoms with Crippen molar-refractivity contribution in [2.45, 2.75) is 20.4 Å². The van der Waals surface area contributed by atoms with Crippen LogP contribution in [-0.2, 0) is 6.54 Å². The van der Waals surface area contributed by atoms with Crippen molar-refractivity contribution in [3.63, 3.8) is 0 Å². The van der Waals surface area contributed by atoms with Crippen molar-refractivity contribution < 1.29 is 0 Å². The van der Waals surface area contributed by atoms with E-state index in [4.69, 9.17) is 11.6 Å². The quantitative estimate of drug-likeness (QED) is 0.875. The Bertz CT molecular complexity index is 520. The zero-order valence-corrected chi connectivity index (χ0v) is 12.7. The summed E-state index contributed by atoms with van der Waals surface area (Å²) in [4.78, 5) is 5.76. The summed E-state index contributed by atoms with van der Waals surface area (Å²) < 4.78 is 0.968. The molecule has 0 amide bonds. The standard InChI is InChI=1S/C12H12BrClN2S/c1-7-8(2)17-12(16-7)6-15-11-4-3-9(14)5-10(11)13/h3-5,15H,6H2,1-2H3. The molecule has 0 radical (unpaired) electrons. The van der Waals surface area contributed by atoms with Crippen molar-refractivity contribution in [1.82, 2.24) is 4.98 Å². The summed E-state index contributed by atoms with van der Waals surface area (Å²) in [7, 11) is 0. The Morgan fingerprint density at radius 1 is 1.41 bits per heavy atom. The van der Waals surface area contributed by atoms with Crippen molar-refractivity contribution in [3.8, 4) is 0 Å². The van der Waals surface area contributed by atoms with Crippen LogP contribution in [0.15, 0.2) is 22.7 Å². The molecular weight excluding hydrogens is 320 g/mol. The lowest BCUT2D eigenvalue weighted by atomic mass is 10.3. The van der Waals surface area contributed by atoms with E-state index < -0.39 is 0 Å². The molecule has 0 bridgehead atoms. The molecule has 0 atom stereocenters. The fourth-order valence-corrected chi connectivity index (χ4v) is 3.12. The van der Waals surface area contributed by atoms with Crippen LogP contribution in [0, 0.1) is 13.8 Å². The summed E-state index contributed by atoms with van der Waals surface area (Å²) in [6.45, 7) is 4.86. The van der Waals surface area contributed by atoms with E-state index in [0.29, 0.717) is 0 Å². The largest absolute Gasteiger partial charge is 0.378 e. The van der Waals surface area contributed by atoms with Crippen LogP contribution in [0.1, 0.15) is 15.6 Å². The molecule has 2 aromatic rings. The van der Waals surface area contributed by atoms with Gasteiger partial charge in [0.15, 0.2) is 0 Å². The predicted octanol–water partition coefficient (Wildman–Crippen LogP) is 4.79. The molecule has 2 rings (SSSR count). The van der Waals surface area contributed by atoms with E-state index in [2.05, 4.69) is 33.2 Å². The number of nitrogens with one attached hydrogen (secondary N) is 1. The van der Waals surface area contributed by atoms with Crippen molar-refractivity contribution in [3.05, 3.63) is 43.3 Å². The Labute approximate surface area is 118 Å². The fraction of sp³-hybridized carbons (Fsp3) is 0.250. The zero-order valence-electron chi connectivity index (χ0n) is 9.55. The summed E-state index contributed by atoms with van der Waals surface area (Å²) >= 11 is 11.1. The Hall–Kier alpha value is -0.580. The number of nitrogens with zero attached hydrogens (tertiary/aromatic N) is 1. The van der Waals surface area contributed by atoms with E-state index in [1.165, 1.54) is 4.88 Å². The highest BCUT2D eigenvalue weighted by Gasteiger charge is 2.05. The van der Waals surface area contributed by atoms with Crippen LogP contribution in [0.4, 0.5) is 5.69 Å². The Morgan fingerprint density at radius 3 is 2.76 bits per heavy atom. The van der Waals surface area contributed by atoms with Gasteiger partial charge in [0.1, 0.15) is 5.01 Å². The molecule has 1 heterocycles. The van der Waals surface area contributed by atoms with Gasteiger partial charge in [-0.25, -0.2) is 4.98 Å². The van der Waals surface area contributed by atoms with Crippen LogP contribution in [0.2, 0.25) is 5.02 Å². The minimum Gasteiger partial charge on any atom is -0.378 e. The van der Waals surface area contributed by atoms with Crippen molar-refractivity contribution >= 4 is 44.6 Å². The number of hydrogen-bond acceptors (Lipinski definition) is 3. The van der Waals surface area contributed by atoms with Gasteiger partial charge in [0.05, 0.1) is 12.2 Å².